The Morgan fingerprint density at radius 2 is 1.85 bits per heavy atom. The van der Waals surface area contributed by atoms with E-state index in [-0.39, 0.29) is 25.6 Å². The van der Waals surface area contributed by atoms with Crippen LogP contribution in [0.3, 0.4) is 0 Å². The van der Waals surface area contributed by atoms with Crippen LogP contribution in [0.25, 0.3) is 10.9 Å². The molecule has 0 unspecified atom stereocenters. The van der Waals surface area contributed by atoms with Crippen molar-refractivity contribution >= 4 is 28.4 Å². The number of anilines is 1. The molecule has 2 amide bonds. The molecule has 1 aliphatic rings. The fourth-order valence-corrected chi connectivity index (χ4v) is 3.70. The van der Waals surface area contributed by atoms with Crippen LogP contribution in [-0.2, 0) is 4.79 Å². The van der Waals surface area contributed by atoms with Crippen molar-refractivity contribution in [3.8, 4) is 17.2 Å². The lowest BCUT2D eigenvalue weighted by Gasteiger charge is -2.21. The summed E-state index contributed by atoms with van der Waals surface area (Å²) in [5, 5.41) is 3.53. The molecule has 0 aliphatic carbocycles. The molecular formula is C26H24N4O4. The van der Waals surface area contributed by atoms with Crippen molar-refractivity contribution in [2.24, 2.45) is 0 Å². The minimum Gasteiger partial charge on any atom is -0.489 e. The van der Waals surface area contributed by atoms with E-state index in [1.807, 2.05) is 48.5 Å². The molecule has 0 saturated heterocycles. The standard InChI is InChI=1S/C25H20N4O4.CH4/c1-29-23-18-8-5-13-26-19(18)11-12-22(23)32-15-21(25(29)31)28-24(30)20-10-9-17(14-27-20)33-16-6-3-2-4-7-16;/h2-14,21H,15H2,1H3,(H,28,30);1H4/t21-;/m0./s1. The van der Waals surface area contributed by atoms with Gasteiger partial charge in [0, 0.05) is 18.6 Å². The summed E-state index contributed by atoms with van der Waals surface area (Å²) in [5.74, 6) is 0.963. The van der Waals surface area contributed by atoms with Gasteiger partial charge >= 0.3 is 0 Å². The summed E-state index contributed by atoms with van der Waals surface area (Å²) in [5.41, 5.74) is 1.55. The second-order valence-corrected chi connectivity index (χ2v) is 7.51. The number of nitrogens with zero attached hydrogens (tertiary/aromatic N) is 3. The van der Waals surface area contributed by atoms with Gasteiger partial charge in [0.2, 0.25) is 0 Å². The summed E-state index contributed by atoms with van der Waals surface area (Å²) < 4.78 is 11.6. The second-order valence-electron chi connectivity index (χ2n) is 7.51. The molecule has 5 rings (SSSR count). The molecule has 34 heavy (non-hydrogen) atoms. The lowest BCUT2D eigenvalue weighted by molar-refractivity contribution is -0.120. The first kappa shape index (κ1) is 22.7. The first-order valence-electron chi connectivity index (χ1n) is 10.4. The molecule has 8 heteroatoms. The molecule has 0 bridgehead atoms. The van der Waals surface area contributed by atoms with E-state index < -0.39 is 11.9 Å². The maximum Gasteiger partial charge on any atom is 0.270 e. The summed E-state index contributed by atoms with van der Waals surface area (Å²) in [4.78, 5) is 35.9. The third-order valence-corrected chi connectivity index (χ3v) is 5.34. The highest BCUT2D eigenvalue weighted by molar-refractivity contribution is 6.08. The Morgan fingerprint density at radius 3 is 2.62 bits per heavy atom. The minimum atomic E-state index is -0.872. The Hall–Kier alpha value is -4.46. The largest absolute Gasteiger partial charge is 0.489 e. The molecular weight excluding hydrogens is 432 g/mol. The van der Waals surface area contributed by atoms with E-state index in [1.54, 1.807) is 31.4 Å². The number of carbonyl (C=O) groups is 2. The number of hydrogen-bond acceptors (Lipinski definition) is 6. The zero-order valence-corrected chi connectivity index (χ0v) is 17.8. The number of ether oxygens (including phenoxy) is 2. The molecule has 1 N–H and O–H groups in total. The van der Waals surface area contributed by atoms with Crippen molar-refractivity contribution in [3.63, 3.8) is 0 Å². The van der Waals surface area contributed by atoms with Crippen LogP contribution in [0.5, 0.6) is 17.2 Å². The van der Waals surface area contributed by atoms with Gasteiger partial charge in [-0.05, 0) is 48.5 Å². The van der Waals surface area contributed by atoms with Crippen molar-refractivity contribution in [3.05, 3.63) is 84.8 Å². The topological polar surface area (TPSA) is 93.7 Å². The number of aromatic nitrogens is 2. The van der Waals surface area contributed by atoms with Gasteiger partial charge in [-0.3, -0.25) is 14.6 Å². The van der Waals surface area contributed by atoms with Gasteiger partial charge < -0.3 is 19.7 Å². The SMILES string of the molecule is C.CN1C(=O)[C@@H](NC(=O)c2ccc(Oc3ccccc3)cn2)COc2ccc3ncccc3c21. The van der Waals surface area contributed by atoms with Crippen LogP contribution in [0, 0.1) is 0 Å². The van der Waals surface area contributed by atoms with E-state index in [4.69, 9.17) is 9.47 Å². The third kappa shape index (κ3) is 4.38. The van der Waals surface area contributed by atoms with Gasteiger partial charge in [0.05, 0.1) is 17.4 Å². The van der Waals surface area contributed by atoms with Gasteiger partial charge in [-0.2, -0.15) is 0 Å². The number of fused-ring (bicyclic) bond motifs is 3. The van der Waals surface area contributed by atoms with E-state index in [1.165, 1.54) is 11.1 Å². The van der Waals surface area contributed by atoms with Crippen LogP contribution >= 0.6 is 0 Å². The number of likely N-dealkylation sites (N-methyl/N-ethyl adjacent to an activating group) is 1. The fraction of sp³-hybridized carbons (Fsp3) is 0.154. The first-order valence-corrected chi connectivity index (χ1v) is 10.4. The normalized spacial score (nSPS) is 14.9. The van der Waals surface area contributed by atoms with Gasteiger partial charge in [0.25, 0.3) is 11.8 Å². The summed E-state index contributed by atoms with van der Waals surface area (Å²) in [7, 11) is 1.66. The van der Waals surface area contributed by atoms with Crippen LogP contribution in [0.15, 0.2) is 79.1 Å². The van der Waals surface area contributed by atoms with Crippen molar-refractivity contribution < 1.29 is 19.1 Å². The first-order chi connectivity index (χ1) is 16.1. The maximum atomic E-state index is 13.1. The Bertz CT molecular complexity index is 1330. The van der Waals surface area contributed by atoms with Crippen LogP contribution < -0.4 is 19.7 Å². The second kappa shape index (κ2) is 9.58. The highest BCUT2D eigenvalue weighted by atomic mass is 16.5. The number of amides is 2. The van der Waals surface area contributed by atoms with Crippen LogP contribution in [0.4, 0.5) is 5.69 Å². The number of nitrogens with one attached hydrogen (secondary N) is 1. The van der Waals surface area contributed by atoms with E-state index in [9.17, 15) is 9.59 Å². The summed E-state index contributed by atoms with van der Waals surface area (Å²) in [6, 6.07) is 18.9. The van der Waals surface area contributed by atoms with Crippen molar-refractivity contribution in [1.29, 1.82) is 0 Å². The van der Waals surface area contributed by atoms with Crippen molar-refractivity contribution in [2.45, 2.75) is 13.5 Å². The van der Waals surface area contributed by atoms with Crippen LogP contribution in [-0.4, -0.2) is 41.5 Å². The quantitative estimate of drug-likeness (QED) is 0.494. The van der Waals surface area contributed by atoms with Gasteiger partial charge in [0.1, 0.15) is 35.6 Å². The Kier molecular flexibility index (Phi) is 6.40. The molecule has 2 aromatic carbocycles. The molecule has 0 fully saturated rings. The van der Waals surface area contributed by atoms with Gasteiger partial charge in [0.15, 0.2) is 0 Å². The molecule has 4 aromatic rings. The summed E-state index contributed by atoms with van der Waals surface area (Å²) in [6.07, 6.45) is 3.16. The zero-order chi connectivity index (χ0) is 22.8. The highest BCUT2D eigenvalue weighted by Crippen LogP contribution is 2.37. The van der Waals surface area contributed by atoms with E-state index in [0.29, 0.717) is 22.9 Å². The predicted molar refractivity (Wildman–Crippen MR) is 129 cm³/mol. The third-order valence-electron chi connectivity index (χ3n) is 5.34. The number of pyridine rings is 2. The highest BCUT2D eigenvalue weighted by Gasteiger charge is 2.32. The minimum absolute atomic E-state index is 0. The maximum absolute atomic E-state index is 13.1. The van der Waals surface area contributed by atoms with Gasteiger partial charge in [-0.15, -0.1) is 0 Å². The van der Waals surface area contributed by atoms with Crippen LogP contribution in [0.1, 0.15) is 17.9 Å². The molecule has 1 aliphatic heterocycles. The molecule has 1 atom stereocenters. The number of carbonyl (C=O) groups excluding carboxylic acids is 2. The average molecular weight is 457 g/mol. The van der Waals surface area contributed by atoms with E-state index >= 15 is 0 Å². The van der Waals surface area contributed by atoms with Crippen molar-refractivity contribution in [1.82, 2.24) is 15.3 Å². The average Bonchev–Trinajstić information content (AvgIpc) is 2.97. The smallest absolute Gasteiger partial charge is 0.270 e. The molecule has 172 valence electrons. The molecule has 2 aromatic heterocycles. The lowest BCUT2D eigenvalue weighted by atomic mass is 10.1. The van der Waals surface area contributed by atoms with Gasteiger partial charge in [-0.25, -0.2) is 4.98 Å². The summed E-state index contributed by atoms with van der Waals surface area (Å²) >= 11 is 0. The van der Waals surface area contributed by atoms with E-state index in [0.717, 1.165) is 10.9 Å². The van der Waals surface area contributed by atoms with Crippen LogP contribution in [0.2, 0.25) is 0 Å². The fourth-order valence-electron chi connectivity index (χ4n) is 3.70. The number of hydrogen-bond donors (Lipinski definition) is 1. The number of rotatable bonds is 4. The van der Waals surface area contributed by atoms with Crippen molar-refractivity contribution in [2.75, 3.05) is 18.6 Å². The van der Waals surface area contributed by atoms with E-state index in [2.05, 4.69) is 15.3 Å². The monoisotopic (exact) mass is 456 g/mol. The molecule has 8 nitrogen and oxygen atoms in total. The number of benzene rings is 2. The molecule has 0 spiro atoms. The Morgan fingerprint density at radius 1 is 1.03 bits per heavy atom. The molecule has 0 saturated carbocycles. The Balaban J connectivity index is 0.00000274. The summed E-state index contributed by atoms with van der Waals surface area (Å²) in [6.45, 7) is 0.00286. The zero-order valence-electron chi connectivity index (χ0n) is 17.8. The Labute approximate surface area is 197 Å². The number of para-hydroxylation sites is 1. The molecule has 3 heterocycles. The van der Waals surface area contributed by atoms with Gasteiger partial charge in [-0.1, -0.05) is 25.6 Å². The predicted octanol–water partition coefficient (Wildman–Crippen LogP) is 4.21. The molecule has 0 radical (unpaired) electrons. The lowest BCUT2D eigenvalue weighted by Crippen LogP contribution is -2.49.